The Kier molecular flexibility index (Phi) is 4.83. The maximum atomic E-state index is 13.2. The van der Waals surface area contributed by atoms with E-state index in [1.165, 1.54) is 31.7 Å². The Morgan fingerprint density at radius 2 is 1.75 bits per heavy atom. The fourth-order valence-corrected chi connectivity index (χ4v) is 5.47. The molecule has 2 aliphatic rings. The number of ether oxygens (including phenoxy) is 1. The van der Waals surface area contributed by atoms with Crippen LogP contribution in [0.4, 0.5) is 0 Å². The highest BCUT2D eigenvalue weighted by atomic mass is 32.2. The van der Waals surface area contributed by atoms with Crippen molar-refractivity contribution in [3.63, 3.8) is 0 Å². The molecule has 132 valence electrons. The molecule has 0 aromatic heterocycles. The highest BCUT2D eigenvalue weighted by Gasteiger charge is 2.42. The van der Waals surface area contributed by atoms with E-state index in [-0.39, 0.29) is 28.3 Å². The molecule has 0 heterocycles. The zero-order valence-corrected chi connectivity index (χ0v) is 14.7. The minimum Gasteiger partial charge on any atom is -0.496 e. The quantitative estimate of drug-likeness (QED) is 0.850. The number of rotatable bonds is 6. The van der Waals surface area contributed by atoms with Crippen molar-refractivity contribution in [3.05, 3.63) is 23.8 Å². The summed E-state index contributed by atoms with van der Waals surface area (Å²) in [5.74, 6) is -0.406. The molecule has 1 amide bonds. The molecular weight excluding hydrogens is 328 g/mol. The Bertz CT molecular complexity index is 722. The van der Waals surface area contributed by atoms with Crippen LogP contribution in [-0.4, -0.2) is 37.8 Å². The van der Waals surface area contributed by atoms with Gasteiger partial charge in [-0.05, 0) is 43.9 Å². The first kappa shape index (κ1) is 17.2. The second-order valence-electron chi connectivity index (χ2n) is 6.58. The molecule has 2 aliphatic carbocycles. The van der Waals surface area contributed by atoms with E-state index in [1.54, 1.807) is 4.31 Å². The molecule has 1 aromatic rings. The lowest BCUT2D eigenvalue weighted by Gasteiger charge is -2.33. The van der Waals surface area contributed by atoms with Gasteiger partial charge in [0.25, 0.3) is 5.91 Å². The van der Waals surface area contributed by atoms with Gasteiger partial charge in [0, 0.05) is 12.1 Å². The molecular formula is C17H24N2O4S. The van der Waals surface area contributed by atoms with Crippen LogP contribution < -0.4 is 10.5 Å². The normalized spacial score (nSPS) is 19.4. The van der Waals surface area contributed by atoms with E-state index in [1.807, 2.05) is 0 Å². The SMILES string of the molecule is COc1ccc(S(=O)(=O)N(C2CCCCC2)C2CC2)cc1C(N)=O. The molecule has 3 rings (SSSR count). The van der Waals surface area contributed by atoms with Gasteiger partial charge < -0.3 is 10.5 Å². The molecule has 2 N–H and O–H groups in total. The lowest BCUT2D eigenvalue weighted by Crippen LogP contribution is -2.43. The van der Waals surface area contributed by atoms with Crippen molar-refractivity contribution in [2.45, 2.75) is 61.9 Å². The number of hydrogen-bond acceptors (Lipinski definition) is 4. The molecule has 0 unspecified atom stereocenters. The standard InChI is InChI=1S/C17H24N2O4S/c1-23-16-10-9-14(11-15(16)17(18)20)24(21,22)19(13-7-8-13)12-5-3-2-4-6-12/h9-13H,2-8H2,1H3,(H2,18,20). The number of methoxy groups -OCH3 is 1. The molecule has 2 fully saturated rings. The molecule has 0 bridgehead atoms. The van der Waals surface area contributed by atoms with Gasteiger partial charge in [-0.3, -0.25) is 4.79 Å². The molecule has 0 atom stereocenters. The Morgan fingerprint density at radius 3 is 2.29 bits per heavy atom. The number of carbonyl (C=O) groups excluding carboxylic acids is 1. The van der Waals surface area contributed by atoms with Gasteiger partial charge in [-0.15, -0.1) is 0 Å². The highest BCUT2D eigenvalue weighted by molar-refractivity contribution is 7.89. The summed E-state index contributed by atoms with van der Waals surface area (Å²) in [5, 5.41) is 0. The van der Waals surface area contributed by atoms with Crippen molar-refractivity contribution in [3.8, 4) is 5.75 Å². The summed E-state index contributed by atoms with van der Waals surface area (Å²) in [6.45, 7) is 0. The molecule has 0 spiro atoms. The van der Waals surface area contributed by atoms with Gasteiger partial charge in [0.15, 0.2) is 0 Å². The second kappa shape index (κ2) is 6.72. The molecule has 24 heavy (non-hydrogen) atoms. The van der Waals surface area contributed by atoms with Crippen LogP contribution >= 0.6 is 0 Å². The van der Waals surface area contributed by atoms with E-state index < -0.39 is 15.9 Å². The van der Waals surface area contributed by atoms with Gasteiger partial charge in [0.2, 0.25) is 10.0 Å². The highest BCUT2D eigenvalue weighted by Crippen LogP contribution is 2.38. The van der Waals surface area contributed by atoms with E-state index in [9.17, 15) is 13.2 Å². The van der Waals surface area contributed by atoms with Crippen LogP contribution in [0.15, 0.2) is 23.1 Å². The van der Waals surface area contributed by atoms with Crippen LogP contribution in [0.5, 0.6) is 5.75 Å². The lowest BCUT2D eigenvalue weighted by molar-refractivity contribution is 0.0997. The number of sulfonamides is 1. The van der Waals surface area contributed by atoms with Gasteiger partial charge in [-0.1, -0.05) is 19.3 Å². The topological polar surface area (TPSA) is 89.7 Å². The van der Waals surface area contributed by atoms with Gasteiger partial charge in [0.05, 0.1) is 17.6 Å². The molecule has 0 aliphatic heterocycles. The van der Waals surface area contributed by atoms with Crippen LogP contribution in [0.25, 0.3) is 0 Å². The van der Waals surface area contributed by atoms with Gasteiger partial charge in [-0.25, -0.2) is 8.42 Å². The van der Waals surface area contributed by atoms with Crippen molar-refractivity contribution in [1.82, 2.24) is 4.31 Å². The van der Waals surface area contributed by atoms with Crippen LogP contribution in [0, 0.1) is 0 Å². The van der Waals surface area contributed by atoms with E-state index in [0.29, 0.717) is 0 Å². The first-order chi connectivity index (χ1) is 11.4. The Morgan fingerprint density at radius 1 is 1.12 bits per heavy atom. The summed E-state index contributed by atoms with van der Waals surface area (Å²) in [7, 11) is -2.22. The monoisotopic (exact) mass is 352 g/mol. The number of nitrogens with two attached hydrogens (primary N) is 1. The van der Waals surface area contributed by atoms with Crippen molar-refractivity contribution < 1.29 is 17.9 Å². The maximum Gasteiger partial charge on any atom is 0.252 e. The third-order valence-corrected chi connectivity index (χ3v) is 6.85. The van der Waals surface area contributed by atoms with Crippen molar-refractivity contribution in [2.24, 2.45) is 5.73 Å². The summed E-state index contributed by atoms with van der Waals surface area (Å²) in [6.07, 6.45) is 6.95. The molecule has 0 radical (unpaired) electrons. The molecule has 7 heteroatoms. The third kappa shape index (κ3) is 3.28. The molecule has 2 saturated carbocycles. The lowest BCUT2D eigenvalue weighted by atomic mass is 9.95. The average molecular weight is 352 g/mol. The fourth-order valence-electron chi connectivity index (χ4n) is 3.52. The number of primary amides is 1. The number of hydrogen-bond donors (Lipinski definition) is 1. The van der Waals surface area contributed by atoms with Gasteiger partial charge >= 0.3 is 0 Å². The third-order valence-electron chi connectivity index (χ3n) is 4.85. The summed E-state index contributed by atoms with van der Waals surface area (Å²) in [6, 6.07) is 4.50. The number of benzene rings is 1. The smallest absolute Gasteiger partial charge is 0.252 e. The number of amides is 1. The summed E-state index contributed by atoms with van der Waals surface area (Å²) in [5.41, 5.74) is 5.46. The Labute approximate surface area is 143 Å². The molecule has 1 aromatic carbocycles. The van der Waals surface area contributed by atoms with E-state index in [4.69, 9.17) is 10.5 Å². The van der Waals surface area contributed by atoms with Gasteiger partial charge in [0.1, 0.15) is 5.75 Å². The van der Waals surface area contributed by atoms with Crippen molar-refractivity contribution >= 4 is 15.9 Å². The van der Waals surface area contributed by atoms with E-state index in [2.05, 4.69) is 0 Å². The first-order valence-electron chi connectivity index (χ1n) is 8.46. The Hall–Kier alpha value is -1.60. The fraction of sp³-hybridized carbons (Fsp3) is 0.588. The summed E-state index contributed by atoms with van der Waals surface area (Å²) >= 11 is 0. The summed E-state index contributed by atoms with van der Waals surface area (Å²) < 4.78 is 33.2. The summed E-state index contributed by atoms with van der Waals surface area (Å²) in [4.78, 5) is 11.7. The molecule has 0 saturated heterocycles. The number of carbonyl (C=O) groups is 1. The largest absolute Gasteiger partial charge is 0.496 e. The van der Waals surface area contributed by atoms with Crippen molar-refractivity contribution in [2.75, 3.05) is 7.11 Å². The predicted octanol–water partition coefficient (Wildman–Crippen LogP) is 2.28. The average Bonchev–Trinajstić information content (AvgIpc) is 3.39. The van der Waals surface area contributed by atoms with E-state index >= 15 is 0 Å². The van der Waals surface area contributed by atoms with E-state index in [0.717, 1.165) is 38.5 Å². The number of nitrogens with zero attached hydrogens (tertiary/aromatic N) is 1. The van der Waals surface area contributed by atoms with Gasteiger partial charge in [-0.2, -0.15) is 4.31 Å². The second-order valence-corrected chi connectivity index (χ2v) is 8.43. The first-order valence-corrected chi connectivity index (χ1v) is 9.90. The van der Waals surface area contributed by atoms with Crippen LogP contribution in [0.3, 0.4) is 0 Å². The van der Waals surface area contributed by atoms with Crippen LogP contribution in [-0.2, 0) is 10.0 Å². The zero-order valence-electron chi connectivity index (χ0n) is 13.9. The molecule has 6 nitrogen and oxygen atoms in total. The minimum atomic E-state index is -3.65. The minimum absolute atomic E-state index is 0.0652. The maximum absolute atomic E-state index is 13.2. The van der Waals surface area contributed by atoms with Crippen molar-refractivity contribution in [1.29, 1.82) is 0 Å². The van der Waals surface area contributed by atoms with Crippen LogP contribution in [0.2, 0.25) is 0 Å². The predicted molar refractivity (Wildman–Crippen MR) is 90.4 cm³/mol. The Balaban J connectivity index is 1.98. The zero-order chi connectivity index (χ0) is 17.3. The van der Waals surface area contributed by atoms with Crippen LogP contribution in [0.1, 0.15) is 55.3 Å².